The number of likely N-dealkylation sites (tertiary alicyclic amines) is 1. The van der Waals surface area contributed by atoms with Gasteiger partial charge in [-0.2, -0.15) is 0 Å². The maximum atomic E-state index is 10.3. The van der Waals surface area contributed by atoms with Crippen LogP contribution in [0.2, 0.25) is 0 Å². The van der Waals surface area contributed by atoms with Gasteiger partial charge in [0.1, 0.15) is 12.2 Å². The number of hydrogen-bond acceptors (Lipinski definition) is 5. The molecule has 2 saturated heterocycles. The van der Waals surface area contributed by atoms with Gasteiger partial charge in [-0.05, 0) is 40.0 Å². The van der Waals surface area contributed by atoms with Gasteiger partial charge in [-0.25, -0.2) is 0 Å². The molecule has 2 aliphatic rings. The standard InChI is InChI=1S/C13H26N2O3.2ClH/c1-14(2)8-10-12(13(17)11(9-16)18-10)15-6-4-3-5-7-15;;/h10-13,16-17H,3-9H2,1-2H3;2*1H/t10-,11+,12+,13-;;/m1../s1. The zero-order valence-corrected chi connectivity index (χ0v) is 13.9. The van der Waals surface area contributed by atoms with Gasteiger partial charge in [-0.1, -0.05) is 6.42 Å². The lowest BCUT2D eigenvalue weighted by molar-refractivity contribution is -0.0275. The highest BCUT2D eigenvalue weighted by atomic mass is 35.5. The lowest BCUT2D eigenvalue weighted by Gasteiger charge is -2.36. The maximum Gasteiger partial charge on any atom is 0.109 e. The Labute approximate surface area is 134 Å². The minimum absolute atomic E-state index is 0. The number of aliphatic hydroxyl groups excluding tert-OH is 2. The second kappa shape index (κ2) is 9.41. The van der Waals surface area contributed by atoms with E-state index in [0.717, 1.165) is 19.6 Å². The molecule has 2 heterocycles. The summed E-state index contributed by atoms with van der Waals surface area (Å²) in [5.41, 5.74) is 0. The van der Waals surface area contributed by atoms with Crippen LogP contribution < -0.4 is 0 Å². The van der Waals surface area contributed by atoms with Crippen LogP contribution in [0.3, 0.4) is 0 Å². The van der Waals surface area contributed by atoms with E-state index < -0.39 is 12.2 Å². The van der Waals surface area contributed by atoms with E-state index in [0.29, 0.717) is 0 Å². The molecule has 0 amide bonds. The molecule has 4 atom stereocenters. The predicted molar refractivity (Wildman–Crippen MR) is 84.0 cm³/mol. The average Bonchev–Trinajstić information content (AvgIpc) is 2.66. The van der Waals surface area contributed by atoms with Crippen LogP contribution in [0, 0.1) is 0 Å². The summed E-state index contributed by atoms with van der Waals surface area (Å²) in [6.45, 7) is 2.75. The zero-order valence-electron chi connectivity index (χ0n) is 12.3. The number of piperidine rings is 1. The van der Waals surface area contributed by atoms with Crippen LogP contribution in [0.4, 0.5) is 0 Å². The Balaban J connectivity index is 0.00000180. The summed E-state index contributed by atoms with van der Waals surface area (Å²) in [6.07, 6.45) is 2.66. The van der Waals surface area contributed by atoms with Crippen molar-refractivity contribution in [3.63, 3.8) is 0 Å². The monoisotopic (exact) mass is 330 g/mol. The van der Waals surface area contributed by atoms with Gasteiger partial charge in [0.2, 0.25) is 0 Å². The van der Waals surface area contributed by atoms with Gasteiger partial charge in [0.05, 0.1) is 18.8 Å². The van der Waals surface area contributed by atoms with E-state index in [2.05, 4.69) is 9.80 Å². The highest BCUT2D eigenvalue weighted by Crippen LogP contribution is 2.28. The largest absolute Gasteiger partial charge is 0.394 e. The average molecular weight is 331 g/mol. The Morgan fingerprint density at radius 3 is 2.20 bits per heavy atom. The number of halogens is 2. The van der Waals surface area contributed by atoms with Gasteiger partial charge in [-0.15, -0.1) is 24.8 Å². The van der Waals surface area contributed by atoms with E-state index in [-0.39, 0.29) is 43.6 Å². The summed E-state index contributed by atoms with van der Waals surface area (Å²) in [4.78, 5) is 4.42. The molecule has 122 valence electrons. The topological polar surface area (TPSA) is 56.2 Å². The Morgan fingerprint density at radius 1 is 1.10 bits per heavy atom. The molecule has 20 heavy (non-hydrogen) atoms. The van der Waals surface area contributed by atoms with Crippen LogP contribution in [0.15, 0.2) is 0 Å². The summed E-state index contributed by atoms with van der Waals surface area (Å²) >= 11 is 0. The fraction of sp³-hybridized carbons (Fsp3) is 1.00. The van der Waals surface area contributed by atoms with Crippen molar-refractivity contribution in [1.29, 1.82) is 0 Å². The molecule has 0 aromatic rings. The van der Waals surface area contributed by atoms with E-state index in [9.17, 15) is 10.2 Å². The van der Waals surface area contributed by atoms with Crippen molar-refractivity contribution in [2.45, 2.75) is 43.6 Å². The normalized spacial score (nSPS) is 34.6. The highest BCUT2D eigenvalue weighted by Gasteiger charge is 2.46. The smallest absolute Gasteiger partial charge is 0.109 e. The number of nitrogens with zero attached hydrogens (tertiary/aromatic N) is 2. The molecule has 2 N–H and O–H groups in total. The molecule has 0 aromatic heterocycles. The summed E-state index contributed by atoms with van der Waals surface area (Å²) in [6, 6.07) is 0.0323. The number of ether oxygens (including phenoxy) is 1. The molecule has 0 spiro atoms. The number of hydrogen-bond donors (Lipinski definition) is 2. The minimum atomic E-state index is -0.571. The number of likely N-dealkylation sites (N-methyl/N-ethyl adjacent to an activating group) is 1. The Morgan fingerprint density at radius 2 is 1.70 bits per heavy atom. The second-order valence-electron chi connectivity index (χ2n) is 5.74. The van der Waals surface area contributed by atoms with Crippen LogP contribution >= 0.6 is 24.8 Å². The maximum absolute atomic E-state index is 10.3. The molecule has 2 rings (SSSR count). The van der Waals surface area contributed by atoms with Gasteiger partial charge in [0.25, 0.3) is 0 Å². The van der Waals surface area contributed by atoms with Crippen molar-refractivity contribution >= 4 is 24.8 Å². The SMILES string of the molecule is CN(C)C[C@H]1O[C@@H](CO)[C@@H](O)[C@H]1N1CCCCC1.Cl.Cl. The lowest BCUT2D eigenvalue weighted by Crippen LogP contribution is -2.52. The van der Waals surface area contributed by atoms with E-state index in [1.54, 1.807) is 0 Å². The summed E-state index contributed by atoms with van der Waals surface area (Å²) in [5.74, 6) is 0. The summed E-state index contributed by atoms with van der Waals surface area (Å²) < 4.78 is 5.82. The van der Waals surface area contributed by atoms with E-state index in [1.165, 1.54) is 19.3 Å². The minimum Gasteiger partial charge on any atom is -0.394 e. The van der Waals surface area contributed by atoms with Gasteiger partial charge >= 0.3 is 0 Å². The van der Waals surface area contributed by atoms with Crippen LogP contribution in [-0.4, -0.2) is 84.7 Å². The van der Waals surface area contributed by atoms with Crippen LogP contribution in [-0.2, 0) is 4.74 Å². The quantitative estimate of drug-likeness (QED) is 0.779. The molecular weight excluding hydrogens is 303 g/mol. The zero-order chi connectivity index (χ0) is 13.1. The van der Waals surface area contributed by atoms with E-state index >= 15 is 0 Å². The molecular formula is C13H28Cl2N2O3. The molecule has 0 unspecified atom stereocenters. The number of rotatable bonds is 4. The first-order valence-electron chi connectivity index (χ1n) is 6.96. The third-order valence-electron chi connectivity index (χ3n) is 4.00. The molecule has 0 radical (unpaired) electrons. The van der Waals surface area contributed by atoms with Gasteiger partial charge in [-0.3, -0.25) is 4.90 Å². The summed E-state index contributed by atoms with van der Waals surface area (Å²) in [7, 11) is 4.02. The predicted octanol–water partition coefficient (Wildman–Crippen LogP) is 0.367. The van der Waals surface area contributed by atoms with Gasteiger partial charge < -0.3 is 19.8 Å². The second-order valence-corrected chi connectivity index (χ2v) is 5.74. The van der Waals surface area contributed by atoms with E-state index in [1.807, 2.05) is 14.1 Å². The molecule has 0 aliphatic carbocycles. The third-order valence-corrected chi connectivity index (χ3v) is 4.00. The molecule has 0 bridgehead atoms. The van der Waals surface area contributed by atoms with Crippen molar-refractivity contribution in [1.82, 2.24) is 9.80 Å². The van der Waals surface area contributed by atoms with Crippen LogP contribution in [0.25, 0.3) is 0 Å². The van der Waals surface area contributed by atoms with Crippen molar-refractivity contribution in [3.05, 3.63) is 0 Å². The fourth-order valence-corrected chi connectivity index (χ4v) is 3.15. The molecule has 0 saturated carbocycles. The van der Waals surface area contributed by atoms with Crippen LogP contribution in [0.1, 0.15) is 19.3 Å². The Hall–Kier alpha value is 0.380. The molecule has 2 fully saturated rings. The van der Waals surface area contributed by atoms with Gasteiger partial charge in [0, 0.05) is 6.54 Å². The fourth-order valence-electron chi connectivity index (χ4n) is 3.15. The first kappa shape index (κ1) is 20.4. The van der Waals surface area contributed by atoms with Crippen molar-refractivity contribution in [2.24, 2.45) is 0 Å². The Bertz CT molecular complexity index is 266. The summed E-state index contributed by atoms with van der Waals surface area (Å²) in [5, 5.41) is 19.6. The first-order valence-corrected chi connectivity index (χ1v) is 6.96. The van der Waals surface area contributed by atoms with Crippen molar-refractivity contribution < 1.29 is 14.9 Å². The van der Waals surface area contributed by atoms with E-state index in [4.69, 9.17) is 4.74 Å². The molecule has 7 heteroatoms. The van der Waals surface area contributed by atoms with Crippen molar-refractivity contribution in [3.8, 4) is 0 Å². The van der Waals surface area contributed by atoms with Gasteiger partial charge in [0.15, 0.2) is 0 Å². The third kappa shape index (κ3) is 4.70. The molecule has 0 aromatic carbocycles. The van der Waals surface area contributed by atoms with Crippen molar-refractivity contribution in [2.75, 3.05) is 40.3 Å². The first-order chi connectivity index (χ1) is 8.63. The van der Waals surface area contributed by atoms with Crippen LogP contribution in [0.5, 0.6) is 0 Å². The molecule has 2 aliphatic heterocycles. The number of aliphatic hydroxyl groups is 2. The molecule has 5 nitrogen and oxygen atoms in total. The Kier molecular flexibility index (Phi) is 9.59. The lowest BCUT2D eigenvalue weighted by atomic mass is 9.99. The highest BCUT2D eigenvalue weighted by molar-refractivity contribution is 5.85.